The molecule has 0 aliphatic carbocycles. The number of nitrogens with one attached hydrogen (secondary N) is 3. The highest BCUT2D eigenvalue weighted by molar-refractivity contribution is 7.89. The zero-order valence-corrected chi connectivity index (χ0v) is 18.3. The topological polar surface area (TPSA) is 131 Å². The van der Waals surface area contributed by atoms with Gasteiger partial charge >= 0.3 is 5.97 Å². The van der Waals surface area contributed by atoms with E-state index in [1.54, 1.807) is 27.7 Å². The van der Waals surface area contributed by atoms with Crippen LogP contribution in [-0.4, -0.2) is 44.4 Å². The molecule has 0 unspecified atom stereocenters. The van der Waals surface area contributed by atoms with Crippen LogP contribution in [0.15, 0.2) is 29.2 Å². The number of hydrogen-bond acceptors (Lipinski definition) is 6. The van der Waals surface area contributed by atoms with E-state index in [1.165, 1.54) is 38.1 Å². The third-order valence-corrected chi connectivity index (χ3v) is 5.44. The fourth-order valence-corrected chi connectivity index (χ4v) is 3.61. The predicted molar refractivity (Wildman–Crippen MR) is 109 cm³/mol. The average Bonchev–Trinajstić information content (AvgIpc) is 2.58. The van der Waals surface area contributed by atoms with Crippen LogP contribution in [0.3, 0.4) is 0 Å². The molecule has 1 rings (SSSR count). The summed E-state index contributed by atoms with van der Waals surface area (Å²) < 4.78 is 31.9. The molecule has 0 bridgehead atoms. The molecule has 1 aromatic rings. The molecule has 2 atom stereocenters. The molecule has 3 N–H and O–H groups in total. The van der Waals surface area contributed by atoms with Crippen molar-refractivity contribution >= 4 is 33.5 Å². The molecule has 0 aliphatic heterocycles. The molecular weight excluding hydrogens is 398 g/mol. The molecule has 162 valence electrons. The molecule has 0 spiro atoms. The van der Waals surface area contributed by atoms with Crippen LogP contribution in [0, 0.1) is 5.92 Å². The van der Waals surface area contributed by atoms with E-state index in [1.807, 2.05) is 0 Å². The standard InChI is InChI=1S/C19H29N3O6S/c1-11(2)17(20-14(6)23)19(25)28-13(5)18(24)21-15-7-9-16(10-8-15)29(26,27)22-12(3)4/h7-13,17,22H,1-6H3,(H,20,23)(H,21,24)/t13-,17+/m0/s1. The molecule has 0 saturated heterocycles. The number of benzene rings is 1. The first-order valence-corrected chi connectivity index (χ1v) is 10.7. The van der Waals surface area contributed by atoms with Gasteiger partial charge in [-0.2, -0.15) is 0 Å². The van der Waals surface area contributed by atoms with E-state index in [9.17, 15) is 22.8 Å². The van der Waals surface area contributed by atoms with Crippen LogP contribution < -0.4 is 15.4 Å². The minimum absolute atomic E-state index is 0.0683. The lowest BCUT2D eigenvalue weighted by Gasteiger charge is -2.22. The molecule has 9 nitrogen and oxygen atoms in total. The Morgan fingerprint density at radius 1 is 0.966 bits per heavy atom. The van der Waals surface area contributed by atoms with Crippen LogP contribution in [-0.2, 0) is 29.1 Å². The van der Waals surface area contributed by atoms with E-state index >= 15 is 0 Å². The van der Waals surface area contributed by atoms with Crippen molar-refractivity contribution in [2.45, 2.75) is 64.6 Å². The van der Waals surface area contributed by atoms with Crippen molar-refractivity contribution in [1.29, 1.82) is 0 Å². The van der Waals surface area contributed by atoms with Crippen LogP contribution in [0.4, 0.5) is 5.69 Å². The van der Waals surface area contributed by atoms with Gasteiger partial charge in [-0.25, -0.2) is 17.9 Å². The highest BCUT2D eigenvalue weighted by Crippen LogP contribution is 2.15. The van der Waals surface area contributed by atoms with Gasteiger partial charge in [-0.15, -0.1) is 0 Å². The normalized spacial score (nSPS) is 13.7. The lowest BCUT2D eigenvalue weighted by atomic mass is 10.0. The summed E-state index contributed by atoms with van der Waals surface area (Å²) in [5.41, 5.74) is 0.351. The zero-order chi connectivity index (χ0) is 22.4. The van der Waals surface area contributed by atoms with E-state index < -0.39 is 34.0 Å². The van der Waals surface area contributed by atoms with Gasteiger partial charge in [-0.05, 0) is 51.0 Å². The van der Waals surface area contributed by atoms with Gasteiger partial charge in [-0.1, -0.05) is 13.8 Å². The van der Waals surface area contributed by atoms with Crippen molar-refractivity contribution < 1.29 is 27.5 Å². The lowest BCUT2D eigenvalue weighted by molar-refractivity contribution is -0.157. The first-order valence-electron chi connectivity index (χ1n) is 9.24. The van der Waals surface area contributed by atoms with E-state index in [2.05, 4.69) is 15.4 Å². The number of carbonyl (C=O) groups excluding carboxylic acids is 3. The number of carbonyl (C=O) groups is 3. The fraction of sp³-hybridized carbons (Fsp3) is 0.526. The maximum Gasteiger partial charge on any atom is 0.329 e. The molecule has 1 aromatic carbocycles. The average molecular weight is 428 g/mol. The minimum atomic E-state index is -3.63. The summed E-state index contributed by atoms with van der Waals surface area (Å²) in [5, 5.41) is 5.06. The summed E-state index contributed by atoms with van der Waals surface area (Å²) in [6, 6.07) is 4.50. The Bertz CT molecular complexity index is 834. The van der Waals surface area contributed by atoms with Crippen LogP contribution in [0.2, 0.25) is 0 Å². The second-order valence-corrected chi connectivity index (χ2v) is 9.00. The third-order valence-electron chi connectivity index (χ3n) is 3.76. The van der Waals surface area contributed by atoms with Crippen molar-refractivity contribution in [3.8, 4) is 0 Å². The molecule has 10 heteroatoms. The van der Waals surface area contributed by atoms with Gasteiger partial charge in [0.05, 0.1) is 4.90 Å². The van der Waals surface area contributed by atoms with E-state index in [0.717, 1.165) is 0 Å². The first kappa shape index (κ1) is 24.6. The quantitative estimate of drug-likeness (QED) is 0.511. The summed E-state index contributed by atoms with van der Waals surface area (Å²) >= 11 is 0. The predicted octanol–water partition coefficient (Wildman–Crippen LogP) is 1.40. The van der Waals surface area contributed by atoms with Gasteiger partial charge in [-0.3, -0.25) is 9.59 Å². The fourth-order valence-electron chi connectivity index (χ4n) is 2.36. The number of sulfonamides is 1. The van der Waals surface area contributed by atoms with Gasteiger partial charge in [0.25, 0.3) is 5.91 Å². The molecular formula is C19H29N3O6S. The van der Waals surface area contributed by atoms with E-state index in [4.69, 9.17) is 4.74 Å². The van der Waals surface area contributed by atoms with Crippen LogP contribution in [0.5, 0.6) is 0 Å². The SMILES string of the molecule is CC(=O)N[C@@H](C(=O)O[C@@H](C)C(=O)Nc1ccc(S(=O)(=O)NC(C)C)cc1)C(C)C. The number of rotatable bonds is 9. The molecule has 2 amide bonds. The summed E-state index contributed by atoms with van der Waals surface area (Å²) in [6.07, 6.45) is -1.11. The molecule has 0 fully saturated rings. The van der Waals surface area contributed by atoms with Crippen LogP contribution >= 0.6 is 0 Å². The largest absolute Gasteiger partial charge is 0.451 e. The molecule has 0 radical (unpaired) electrons. The molecule has 0 aromatic heterocycles. The van der Waals surface area contributed by atoms with Crippen molar-refractivity contribution in [2.24, 2.45) is 5.92 Å². The molecule has 0 heterocycles. The summed E-state index contributed by atoms with van der Waals surface area (Å²) in [6.45, 7) is 9.62. The van der Waals surface area contributed by atoms with Crippen molar-refractivity contribution in [2.75, 3.05) is 5.32 Å². The smallest absolute Gasteiger partial charge is 0.329 e. The number of hydrogen-bond donors (Lipinski definition) is 3. The molecule has 0 saturated carbocycles. The lowest BCUT2D eigenvalue weighted by Crippen LogP contribution is -2.46. The van der Waals surface area contributed by atoms with Crippen molar-refractivity contribution in [3.05, 3.63) is 24.3 Å². The van der Waals surface area contributed by atoms with Gasteiger partial charge in [0.15, 0.2) is 6.10 Å². The monoisotopic (exact) mass is 427 g/mol. The van der Waals surface area contributed by atoms with Crippen molar-refractivity contribution in [3.63, 3.8) is 0 Å². The summed E-state index contributed by atoms with van der Waals surface area (Å²) in [5.74, 6) is -1.88. The number of amides is 2. The number of esters is 1. The second-order valence-electron chi connectivity index (χ2n) is 7.29. The Kier molecular flexibility index (Phi) is 8.78. The summed E-state index contributed by atoms with van der Waals surface area (Å²) in [7, 11) is -3.63. The van der Waals surface area contributed by atoms with Gasteiger partial charge in [0, 0.05) is 18.7 Å². The van der Waals surface area contributed by atoms with Crippen LogP contribution in [0.25, 0.3) is 0 Å². The third kappa shape index (κ3) is 7.82. The van der Waals surface area contributed by atoms with E-state index in [0.29, 0.717) is 5.69 Å². The highest BCUT2D eigenvalue weighted by Gasteiger charge is 2.28. The highest BCUT2D eigenvalue weighted by atomic mass is 32.2. The van der Waals surface area contributed by atoms with Gasteiger partial charge < -0.3 is 15.4 Å². The van der Waals surface area contributed by atoms with Gasteiger partial charge in [0.1, 0.15) is 6.04 Å². The molecule has 0 aliphatic rings. The van der Waals surface area contributed by atoms with Crippen molar-refractivity contribution in [1.82, 2.24) is 10.0 Å². The minimum Gasteiger partial charge on any atom is -0.451 e. The Hall–Kier alpha value is -2.46. The Balaban J connectivity index is 2.75. The first-order chi connectivity index (χ1) is 13.3. The van der Waals surface area contributed by atoms with Crippen LogP contribution in [0.1, 0.15) is 41.5 Å². The summed E-state index contributed by atoms with van der Waals surface area (Å²) in [4.78, 5) is 35.8. The zero-order valence-electron chi connectivity index (χ0n) is 17.5. The second kappa shape index (κ2) is 10.4. The Labute approximate surface area is 171 Å². The Morgan fingerprint density at radius 3 is 1.97 bits per heavy atom. The maximum atomic E-state index is 12.3. The Morgan fingerprint density at radius 2 is 1.52 bits per heavy atom. The maximum absolute atomic E-state index is 12.3. The number of anilines is 1. The number of ether oxygens (including phenoxy) is 1. The molecule has 29 heavy (non-hydrogen) atoms. The van der Waals surface area contributed by atoms with Gasteiger partial charge in [0.2, 0.25) is 15.9 Å². The van der Waals surface area contributed by atoms with E-state index in [-0.39, 0.29) is 22.8 Å².